The maximum atomic E-state index is 2.55. The highest BCUT2D eigenvalue weighted by atomic mass is 28.3. The standard InChI is InChI=1S/C43H35Si/c1-2-15-32-29-39-35(30-16-6-3-7-17-30)24-14-25-38(39)42(32)43-40-28-31-18-12-13-23-36(31)37(40)26-27-41(43)44(33-19-8-4-9-20-33)34-21-10-5-11-22-34/h3-14,16-27,29,42H,2,15,28H2,1H3. The molecule has 0 fully saturated rings. The van der Waals surface area contributed by atoms with Crippen LogP contribution in [0.2, 0.25) is 0 Å². The third-order valence-corrected chi connectivity index (χ3v) is 12.3. The fourth-order valence-electron chi connectivity index (χ4n) is 7.65. The first-order chi connectivity index (χ1) is 21.8. The molecule has 6 aromatic rings. The Kier molecular flexibility index (Phi) is 6.97. The lowest BCUT2D eigenvalue weighted by Crippen LogP contribution is -2.53. The molecule has 0 heterocycles. The fraction of sp³-hybridized carbons (Fsp3) is 0.116. The van der Waals surface area contributed by atoms with Crippen LogP contribution in [0, 0.1) is 0 Å². The Hall–Kier alpha value is -4.72. The van der Waals surface area contributed by atoms with Crippen molar-refractivity contribution in [2.75, 3.05) is 0 Å². The maximum absolute atomic E-state index is 2.55. The van der Waals surface area contributed by atoms with Gasteiger partial charge < -0.3 is 0 Å². The Balaban J connectivity index is 1.42. The molecule has 0 aromatic heterocycles. The van der Waals surface area contributed by atoms with Crippen LogP contribution in [0.3, 0.4) is 0 Å². The molecular formula is C43H35Si. The Bertz CT molecular complexity index is 1950. The average molecular weight is 580 g/mol. The van der Waals surface area contributed by atoms with Gasteiger partial charge in [-0.2, -0.15) is 0 Å². The van der Waals surface area contributed by atoms with Gasteiger partial charge in [-0.3, -0.25) is 0 Å². The zero-order valence-electron chi connectivity index (χ0n) is 25.1. The van der Waals surface area contributed by atoms with Gasteiger partial charge in [0.1, 0.15) is 0 Å². The van der Waals surface area contributed by atoms with Crippen molar-refractivity contribution in [1.29, 1.82) is 0 Å². The van der Waals surface area contributed by atoms with E-state index >= 15 is 0 Å². The van der Waals surface area contributed by atoms with E-state index in [9.17, 15) is 0 Å². The van der Waals surface area contributed by atoms with Crippen molar-refractivity contribution in [3.05, 3.63) is 179 Å². The van der Waals surface area contributed by atoms with Gasteiger partial charge in [-0.15, -0.1) is 0 Å². The number of benzene rings is 6. The average Bonchev–Trinajstić information content (AvgIpc) is 3.64. The van der Waals surface area contributed by atoms with Crippen molar-refractivity contribution in [1.82, 2.24) is 0 Å². The third kappa shape index (κ3) is 4.51. The first-order valence-electron chi connectivity index (χ1n) is 15.9. The summed E-state index contributed by atoms with van der Waals surface area (Å²) >= 11 is 0. The lowest BCUT2D eigenvalue weighted by molar-refractivity contribution is 0.827. The molecule has 2 aliphatic carbocycles. The minimum Gasteiger partial charge on any atom is -0.0651 e. The molecule has 1 radical (unpaired) electrons. The highest BCUT2D eigenvalue weighted by molar-refractivity contribution is 6.95. The van der Waals surface area contributed by atoms with E-state index in [0.717, 1.165) is 19.3 Å². The second-order valence-electron chi connectivity index (χ2n) is 12.1. The second-order valence-corrected chi connectivity index (χ2v) is 14.5. The SMILES string of the molecule is CCCC1=Cc2c(-c3ccccc3)cccc2C1c1c([Si](c2ccccc2)c2ccccc2)ccc2c1Cc1ccccc1-2. The first kappa shape index (κ1) is 26.9. The third-order valence-electron chi connectivity index (χ3n) is 9.49. The molecule has 2 aliphatic rings. The monoisotopic (exact) mass is 579 g/mol. The van der Waals surface area contributed by atoms with E-state index in [-0.39, 0.29) is 5.92 Å². The van der Waals surface area contributed by atoms with Gasteiger partial charge in [-0.1, -0.05) is 181 Å². The molecule has 6 aromatic carbocycles. The second kappa shape index (κ2) is 11.4. The van der Waals surface area contributed by atoms with Gasteiger partial charge in [-0.25, -0.2) is 0 Å². The van der Waals surface area contributed by atoms with Crippen LogP contribution in [-0.4, -0.2) is 8.80 Å². The summed E-state index contributed by atoms with van der Waals surface area (Å²) in [6.07, 6.45) is 5.78. The summed E-state index contributed by atoms with van der Waals surface area (Å²) in [5, 5.41) is 4.42. The molecule has 0 amide bonds. The van der Waals surface area contributed by atoms with Gasteiger partial charge in [0.15, 0.2) is 8.80 Å². The summed E-state index contributed by atoms with van der Waals surface area (Å²) < 4.78 is 0. The van der Waals surface area contributed by atoms with Crippen molar-refractivity contribution in [3.8, 4) is 22.3 Å². The normalized spacial score (nSPS) is 14.7. The Labute approximate surface area is 263 Å². The summed E-state index contributed by atoms with van der Waals surface area (Å²) in [4.78, 5) is 0. The van der Waals surface area contributed by atoms with Crippen LogP contribution < -0.4 is 15.6 Å². The van der Waals surface area contributed by atoms with Crippen molar-refractivity contribution in [2.24, 2.45) is 0 Å². The first-order valence-corrected chi connectivity index (χ1v) is 17.4. The van der Waals surface area contributed by atoms with Crippen LogP contribution in [0.5, 0.6) is 0 Å². The topological polar surface area (TPSA) is 0 Å². The van der Waals surface area contributed by atoms with Crippen LogP contribution in [0.4, 0.5) is 0 Å². The van der Waals surface area contributed by atoms with Crippen molar-refractivity contribution in [3.63, 3.8) is 0 Å². The molecule has 1 unspecified atom stereocenters. The van der Waals surface area contributed by atoms with E-state index in [1.165, 1.54) is 60.1 Å². The number of hydrogen-bond donors (Lipinski definition) is 0. The zero-order chi connectivity index (χ0) is 29.5. The number of allylic oxidation sites excluding steroid dienone is 1. The van der Waals surface area contributed by atoms with Crippen molar-refractivity contribution >= 4 is 30.4 Å². The van der Waals surface area contributed by atoms with E-state index in [1.807, 2.05) is 0 Å². The molecule has 1 heteroatoms. The van der Waals surface area contributed by atoms with E-state index in [2.05, 4.69) is 159 Å². The van der Waals surface area contributed by atoms with Gasteiger partial charge in [-0.05, 0) is 68.1 Å². The highest BCUT2D eigenvalue weighted by Gasteiger charge is 2.36. The molecule has 0 saturated heterocycles. The van der Waals surface area contributed by atoms with Crippen LogP contribution in [0.25, 0.3) is 28.3 Å². The molecule has 0 bridgehead atoms. The molecule has 0 N–H and O–H groups in total. The summed E-state index contributed by atoms with van der Waals surface area (Å²) in [5.74, 6) is 0.250. The van der Waals surface area contributed by atoms with E-state index < -0.39 is 8.80 Å². The smallest absolute Gasteiger partial charge is 0.0651 e. The summed E-state index contributed by atoms with van der Waals surface area (Å²) in [5.41, 5.74) is 14.4. The van der Waals surface area contributed by atoms with Gasteiger partial charge in [0, 0.05) is 5.92 Å². The van der Waals surface area contributed by atoms with Crippen LogP contribution in [-0.2, 0) is 6.42 Å². The van der Waals surface area contributed by atoms with E-state index in [1.54, 1.807) is 11.1 Å². The predicted molar refractivity (Wildman–Crippen MR) is 189 cm³/mol. The molecule has 0 saturated carbocycles. The molecule has 1 atom stereocenters. The van der Waals surface area contributed by atoms with Crippen LogP contribution in [0.15, 0.2) is 151 Å². The Morgan fingerprint density at radius 3 is 1.93 bits per heavy atom. The van der Waals surface area contributed by atoms with E-state index in [0.29, 0.717) is 0 Å². The number of fused-ring (bicyclic) bond motifs is 4. The number of hydrogen-bond acceptors (Lipinski definition) is 0. The van der Waals surface area contributed by atoms with Crippen molar-refractivity contribution in [2.45, 2.75) is 32.1 Å². The number of rotatable bonds is 7. The van der Waals surface area contributed by atoms with Crippen LogP contribution >= 0.6 is 0 Å². The van der Waals surface area contributed by atoms with Gasteiger partial charge in [0.05, 0.1) is 0 Å². The van der Waals surface area contributed by atoms with Crippen LogP contribution in [0.1, 0.15) is 53.5 Å². The molecule has 8 rings (SSSR count). The van der Waals surface area contributed by atoms with Gasteiger partial charge in [0.25, 0.3) is 0 Å². The molecular weight excluding hydrogens is 545 g/mol. The molecule has 0 nitrogen and oxygen atoms in total. The maximum Gasteiger partial charge on any atom is 0.154 e. The van der Waals surface area contributed by atoms with Crippen molar-refractivity contribution < 1.29 is 0 Å². The minimum absolute atomic E-state index is 0.250. The largest absolute Gasteiger partial charge is 0.154 e. The molecule has 0 aliphatic heterocycles. The minimum atomic E-state index is -1.28. The summed E-state index contributed by atoms with van der Waals surface area (Å²) in [6, 6.07) is 54.5. The summed E-state index contributed by atoms with van der Waals surface area (Å²) in [6.45, 7) is 2.33. The highest BCUT2D eigenvalue weighted by Crippen LogP contribution is 2.49. The lowest BCUT2D eigenvalue weighted by atomic mass is 9.82. The molecule has 211 valence electrons. The Morgan fingerprint density at radius 2 is 1.23 bits per heavy atom. The fourth-order valence-corrected chi connectivity index (χ4v) is 10.5. The zero-order valence-corrected chi connectivity index (χ0v) is 26.1. The Morgan fingerprint density at radius 1 is 0.591 bits per heavy atom. The molecule has 0 spiro atoms. The lowest BCUT2D eigenvalue weighted by Gasteiger charge is -2.28. The van der Waals surface area contributed by atoms with Gasteiger partial charge in [0.2, 0.25) is 0 Å². The quantitative estimate of drug-likeness (QED) is 0.131. The van der Waals surface area contributed by atoms with E-state index in [4.69, 9.17) is 0 Å². The predicted octanol–water partition coefficient (Wildman–Crippen LogP) is 8.77. The summed E-state index contributed by atoms with van der Waals surface area (Å²) in [7, 11) is -1.28. The van der Waals surface area contributed by atoms with Gasteiger partial charge >= 0.3 is 0 Å². The molecule has 44 heavy (non-hydrogen) atoms.